The van der Waals surface area contributed by atoms with Crippen LogP contribution in [0.1, 0.15) is 5.69 Å². The molecule has 2 aromatic carbocycles. The molecule has 0 atom stereocenters. The van der Waals surface area contributed by atoms with Crippen LogP contribution in [0.3, 0.4) is 0 Å². The van der Waals surface area contributed by atoms with Crippen molar-refractivity contribution >= 4 is 10.0 Å². The van der Waals surface area contributed by atoms with Gasteiger partial charge in [0.15, 0.2) is 11.6 Å². The summed E-state index contributed by atoms with van der Waals surface area (Å²) in [6, 6.07) is 10.8. The first kappa shape index (κ1) is 19.8. The van der Waals surface area contributed by atoms with E-state index in [9.17, 15) is 12.8 Å². The molecule has 0 radical (unpaired) electrons. The van der Waals surface area contributed by atoms with Crippen LogP contribution in [0.2, 0.25) is 0 Å². The number of hydrogen-bond acceptors (Lipinski definition) is 4. The highest BCUT2D eigenvalue weighted by atomic mass is 32.2. The number of halogens is 1. The lowest BCUT2D eigenvalue weighted by Gasteiger charge is -2.08. The molecule has 2 N–H and O–H groups in total. The number of nitrogens with two attached hydrogens (primary N) is 1. The van der Waals surface area contributed by atoms with Crippen LogP contribution in [0.5, 0.6) is 5.75 Å². The Morgan fingerprint density at radius 3 is 2.39 bits per heavy atom. The van der Waals surface area contributed by atoms with E-state index in [0.29, 0.717) is 23.4 Å². The van der Waals surface area contributed by atoms with Crippen molar-refractivity contribution in [1.82, 2.24) is 9.78 Å². The Hall–Kier alpha value is -2.97. The summed E-state index contributed by atoms with van der Waals surface area (Å²) in [6.07, 6.45) is 1.71. The fourth-order valence-electron chi connectivity index (χ4n) is 3.02. The molecular formula is C20H20FN3O3S. The van der Waals surface area contributed by atoms with Crippen molar-refractivity contribution in [3.63, 3.8) is 0 Å². The van der Waals surface area contributed by atoms with Gasteiger partial charge >= 0.3 is 0 Å². The minimum atomic E-state index is -3.79. The number of nitrogens with zero attached hydrogens (tertiary/aromatic N) is 2. The SMILES string of the molecule is C=CCn1nc(-c2ccc(S(N)(=O)=O)cc2)c(-c2ccc(OC)c(F)c2)c1C. The van der Waals surface area contributed by atoms with Gasteiger partial charge in [0, 0.05) is 16.8 Å². The Kier molecular flexibility index (Phi) is 5.35. The van der Waals surface area contributed by atoms with E-state index in [1.165, 1.54) is 25.3 Å². The molecule has 0 aliphatic heterocycles. The van der Waals surface area contributed by atoms with Crippen molar-refractivity contribution in [2.45, 2.75) is 18.4 Å². The summed E-state index contributed by atoms with van der Waals surface area (Å²) in [5.41, 5.74) is 3.49. The number of allylic oxidation sites excluding steroid dienone is 1. The standard InChI is InChI=1S/C20H20FN3O3S/c1-4-11-24-13(2)19(15-7-10-18(27-3)17(21)12-15)20(23-24)14-5-8-16(9-6-14)28(22,25)26/h4-10,12H,1,11H2,2-3H3,(H2,22,25,26). The van der Waals surface area contributed by atoms with E-state index in [0.717, 1.165) is 11.3 Å². The topological polar surface area (TPSA) is 87.2 Å². The number of primary sulfonamides is 1. The zero-order chi connectivity index (χ0) is 20.5. The van der Waals surface area contributed by atoms with Gasteiger partial charge in [-0.15, -0.1) is 6.58 Å². The van der Waals surface area contributed by atoms with E-state index >= 15 is 0 Å². The number of benzene rings is 2. The summed E-state index contributed by atoms with van der Waals surface area (Å²) in [5, 5.41) is 9.79. The second-order valence-electron chi connectivity index (χ2n) is 6.20. The quantitative estimate of drug-likeness (QED) is 0.641. The number of sulfonamides is 1. The van der Waals surface area contributed by atoms with E-state index in [4.69, 9.17) is 9.88 Å². The Balaban J connectivity index is 2.19. The van der Waals surface area contributed by atoms with E-state index in [-0.39, 0.29) is 10.6 Å². The molecule has 8 heteroatoms. The van der Waals surface area contributed by atoms with Gasteiger partial charge in [0.25, 0.3) is 0 Å². The van der Waals surface area contributed by atoms with Gasteiger partial charge in [0.2, 0.25) is 10.0 Å². The number of rotatable bonds is 6. The average molecular weight is 401 g/mol. The van der Waals surface area contributed by atoms with E-state index in [2.05, 4.69) is 11.7 Å². The molecule has 0 aliphatic carbocycles. The third kappa shape index (κ3) is 3.69. The highest BCUT2D eigenvalue weighted by molar-refractivity contribution is 7.89. The molecule has 3 aromatic rings. The van der Waals surface area contributed by atoms with Gasteiger partial charge in [0.05, 0.1) is 18.6 Å². The lowest BCUT2D eigenvalue weighted by molar-refractivity contribution is 0.386. The van der Waals surface area contributed by atoms with Gasteiger partial charge in [0.1, 0.15) is 5.69 Å². The molecule has 0 spiro atoms. The lowest BCUT2D eigenvalue weighted by Crippen LogP contribution is -2.11. The molecule has 0 saturated heterocycles. The molecule has 0 saturated carbocycles. The molecular weight excluding hydrogens is 381 g/mol. The second-order valence-corrected chi connectivity index (χ2v) is 7.76. The van der Waals surface area contributed by atoms with E-state index < -0.39 is 15.8 Å². The first-order valence-electron chi connectivity index (χ1n) is 8.41. The van der Waals surface area contributed by atoms with Crippen LogP contribution in [0.25, 0.3) is 22.4 Å². The highest BCUT2D eigenvalue weighted by Gasteiger charge is 2.19. The molecule has 0 fully saturated rings. The van der Waals surface area contributed by atoms with Crippen LogP contribution in [-0.4, -0.2) is 25.3 Å². The number of ether oxygens (including phenoxy) is 1. The molecule has 146 valence electrons. The van der Waals surface area contributed by atoms with Crippen LogP contribution < -0.4 is 9.88 Å². The van der Waals surface area contributed by atoms with Crippen molar-refractivity contribution in [1.29, 1.82) is 0 Å². The first-order valence-corrected chi connectivity index (χ1v) is 9.96. The molecule has 0 bridgehead atoms. The summed E-state index contributed by atoms with van der Waals surface area (Å²) in [4.78, 5) is 0.00976. The monoisotopic (exact) mass is 401 g/mol. The molecule has 0 amide bonds. The van der Waals surface area contributed by atoms with Gasteiger partial charge in [-0.1, -0.05) is 24.3 Å². The Bertz CT molecular complexity index is 1140. The molecule has 1 heterocycles. The molecule has 1 aromatic heterocycles. The van der Waals surface area contributed by atoms with Crippen LogP contribution in [-0.2, 0) is 16.6 Å². The first-order chi connectivity index (χ1) is 13.3. The fourth-order valence-corrected chi connectivity index (χ4v) is 3.53. The smallest absolute Gasteiger partial charge is 0.238 e. The van der Waals surface area contributed by atoms with E-state index in [1.54, 1.807) is 35.0 Å². The van der Waals surface area contributed by atoms with Crippen LogP contribution >= 0.6 is 0 Å². The van der Waals surface area contributed by atoms with Gasteiger partial charge in [-0.3, -0.25) is 4.68 Å². The van der Waals surface area contributed by atoms with Gasteiger partial charge in [-0.05, 0) is 36.8 Å². The normalized spacial score (nSPS) is 11.4. The maximum atomic E-state index is 14.3. The second kappa shape index (κ2) is 7.57. The van der Waals surface area contributed by atoms with Gasteiger partial charge in [-0.25, -0.2) is 17.9 Å². The maximum Gasteiger partial charge on any atom is 0.238 e. The lowest BCUT2D eigenvalue weighted by atomic mass is 9.99. The van der Waals surface area contributed by atoms with Crippen molar-refractivity contribution in [3.8, 4) is 28.1 Å². The minimum absolute atomic E-state index is 0.00976. The van der Waals surface area contributed by atoms with Gasteiger partial charge in [-0.2, -0.15) is 5.10 Å². The van der Waals surface area contributed by atoms with Crippen molar-refractivity contribution in [2.75, 3.05) is 7.11 Å². The van der Waals surface area contributed by atoms with Crippen molar-refractivity contribution in [3.05, 3.63) is 66.6 Å². The van der Waals surface area contributed by atoms with Gasteiger partial charge < -0.3 is 4.74 Å². The molecule has 0 unspecified atom stereocenters. The number of methoxy groups -OCH3 is 1. The number of hydrogen-bond donors (Lipinski definition) is 1. The maximum absolute atomic E-state index is 14.3. The van der Waals surface area contributed by atoms with Crippen LogP contribution in [0.15, 0.2) is 60.0 Å². The predicted molar refractivity (Wildman–Crippen MR) is 106 cm³/mol. The molecule has 3 rings (SSSR count). The summed E-state index contributed by atoms with van der Waals surface area (Å²) in [5.74, 6) is -0.328. The summed E-state index contributed by atoms with van der Waals surface area (Å²) >= 11 is 0. The largest absolute Gasteiger partial charge is 0.494 e. The predicted octanol–water partition coefficient (Wildman–Crippen LogP) is 3.51. The average Bonchev–Trinajstić information content (AvgIpc) is 2.98. The molecule has 6 nitrogen and oxygen atoms in total. The zero-order valence-electron chi connectivity index (χ0n) is 15.5. The third-order valence-corrected chi connectivity index (χ3v) is 5.33. The fraction of sp³-hybridized carbons (Fsp3) is 0.150. The molecule has 0 aliphatic rings. The molecule has 28 heavy (non-hydrogen) atoms. The van der Waals surface area contributed by atoms with Crippen molar-refractivity contribution < 1.29 is 17.5 Å². The number of aromatic nitrogens is 2. The Morgan fingerprint density at radius 1 is 1.21 bits per heavy atom. The summed E-state index contributed by atoms with van der Waals surface area (Å²) in [6.45, 7) is 6.10. The van der Waals surface area contributed by atoms with Crippen LogP contribution in [0, 0.1) is 12.7 Å². The van der Waals surface area contributed by atoms with Crippen molar-refractivity contribution in [2.24, 2.45) is 5.14 Å². The third-order valence-electron chi connectivity index (χ3n) is 4.41. The minimum Gasteiger partial charge on any atom is -0.494 e. The summed E-state index contributed by atoms with van der Waals surface area (Å²) < 4.78 is 44.0. The Morgan fingerprint density at radius 2 is 1.86 bits per heavy atom. The van der Waals surface area contributed by atoms with Crippen LogP contribution in [0.4, 0.5) is 4.39 Å². The zero-order valence-corrected chi connectivity index (χ0v) is 16.3. The van der Waals surface area contributed by atoms with E-state index in [1.807, 2.05) is 6.92 Å². The Labute approximate surface area is 163 Å². The summed E-state index contributed by atoms with van der Waals surface area (Å²) in [7, 11) is -2.38. The highest BCUT2D eigenvalue weighted by Crippen LogP contribution is 2.36.